The maximum absolute atomic E-state index is 12.1. The summed E-state index contributed by atoms with van der Waals surface area (Å²) in [5, 5.41) is 44.5. The summed E-state index contributed by atoms with van der Waals surface area (Å²) in [5.41, 5.74) is -7.33. The molecule has 0 aromatic carbocycles. The monoisotopic (exact) mass is 964 g/mol. The maximum Gasteiger partial charge on any atom is 4.00 e. The predicted octanol–water partition coefficient (Wildman–Crippen LogP) is -1.32. The smallest absolute Gasteiger partial charge is 0.546 e. The SMILES string of the molecule is CCC1OCCCOC(CC)(C(=O)[O-])C1=O.CCC1OCCCOC(CC)(C(=O)[O-])C1=O.CCC1OCCCOC(CC)(C(=O)[O-])C1=O.CCC1OCCCOC(CC)(C(=O)[O-])C1=O.[Ti+4]. The first-order valence-electron chi connectivity index (χ1n) is 22.4. The number of ketones is 4. The van der Waals surface area contributed by atoms with Gasteiger partial charge in [0.25, 0.3) is 0 Å². The van der Waals surface area contributed by atoms with E-state index >= 15 is 0 Å². The summed E-state index contributed by atoms with van der Waals surface area (Å²) in [4.78, 5) is 92.7. The Morgan fingerprint density at radius 1 is 0.385 bits per heavy atom. The molecule has 8 atom stereocenters. The van der Waals surface area contributed by atoms with Gasteiger partial charge in [-0.05, 0) is 77.0 Å². The minimum Gasteiger partial charge on any atom is -0.546 e. The number of Topliss-reactive ketones (excluding diaryl/α,β-unsaturated/α-hetero) is 4. The number of carbonyl (C=O) groups is 8. The van der Waals surface area contributed by atoms with Crippen LogP contribution < -0.4 is 20.4 Å². The van der Waals surface area contributed by atoms with Crippen molar-refractivity contribution in [3.63, 3.8) is 0 Å². The molecule has 8 unspecified atom stereocenters. The second-order valence-electron chi connectivity index (χ2n) is 15.2. The predicted molar refractivity (Wildman–Crippen MR) is 215 cm³/mol. The van der Waals surface area contributed by atoms with E-state index in [1.165, 1.54) is 0 Å². The first-order valence-corrected chi connectivity index (χ1v) is 22.4. The Balaban J connectivity index is 0.000000836. The molecule has 65 heavy (non-hydrogen) atoms. The Bertz CT molecular complexity index is 1330. The van der Waals surface area contributed by atoms with E-state index in [4.69, 9.17) is 37.9 Å². The molecule has 0 spiro atoms. The van der Waals surface area contributed by atoms with Gasteiger partial charge in [0.05, 0.1) is 50.3 Å². The second kappa shape index (κ2) is 30.4. The molecule has 0 aliphatic carbocycles. The number of rotatable bonds is 12. The van der Waals surface area contributed by atoms with Crippen molar-refractivity contribution in [1.82, 2.24) is 0 Å². The number of carboxylic acids is 4. The fourth-order valence-electron chi connectivity index (χ4n) is 7.28. The molecule has 4 rings (SSSR count). The minimum atomic E-state index is -1.83. The zero-order chi connectivity index (χ0) is 48.7. The molecular formula is C44H68O20Ti. The topological polar surface area (TPSA) is 303 Å². The molecule has 4 fully saturated rings. The van der Waals surface area contributed by atoms with Gasteiger partial charge in [-0.3, -0.25) is 19.2 Å². The van der Waals surface area contributed by atoms with Crippen LogP contribution in [0.3, 0.4) is 0 Å². The van der Waals surface area contributed by atoms with Crippen molar-refractivity contribution in [3.05, 3.63) is 0 Å². The van der Waals surface area contributed by atoms with E-state index in [2.05, 4.69) is 0 Å². The Morgan fingerprint density at radius 2 is 0.554 bits per heavy atom. The third kappa shape index (κ3) is 15.5. The average molecular weight is 965 g/mol. The van der Waals surface area contributed by atoms with Gasteiger partial charge >= 0.3 is 21.7 Å². The van der Waals surface area contributed by atoms with E-state index in [0.29, 0.717) is 77.8 Å². The number of aliphatic carboxylic acids is 4. The summed E-state index contributed by atoms with van der Waals surface area (Å²) in [6.07, 6.45) is 1.51. The molecule has 4 aliphatic rings. The Kier molecular flexibility index (Phi) is 28.9. The van der Waals surface area contributed by atoms with Crippen LogP contribution in [0.15, 0.2) is 0 Å². The van der Waals surface area contributed by atoms with Crippen molar-refractivity contribution >= 4 is 47.0 Å². The van der Waals surface area contributed by atoms with Crippen molar-refractivity contribution in [2.45, 2.75) is 179 Å². The van der Waals surface area contributed by atoms with Crippen molar-refractivity contribution in [1.29, 1.82) is 0 Å². The molecule has 0 amide bonds. The third-order valence-corrected chi connectivity index (χ3v) is 11.4. The van der Waals surface area contributed by atoms with Crippen LogP contribution in [0.2, 0.25) is 0 Å². The number of ether oxygens (including phenoxy) is 8. The second-order valence-corrected chi connectivity index (χ2v) is 15.2. The van der Waals surface area contributed by atoms with Crippen LogP contribution in [0.4, 0.5) is 0 Å². The van der Waals surface area contributed by atoms with Gasteiger partial charge in [-0.2, -0.15) is 0 Å². The van der Waals surface area contributed by atoms with E-state index < -0.39 is 93.8 Å². The maximum atomic E-state index is 12.1. The molecule has 0 N–H and O–H groups in total. The van der Waals surface area contributed by atoms with Gasteiger partial charge < -0.3 is 77.5 Å². The van der Waals surface area contributed by atoms with Gasteiger partial charge in [-0.1, -0.05) is 55.4 Å². The van der Waals surface area contributed by atoms with Gasteiger partial charge in [0.15, 0.2) is 45.5 Å². The molecule has 21 heteroatoms. The van der Waals surface area contributed by atoms with E-state index in [9.17, 15) is 58.8 Å². The van der Waals surface area contributed by atoms with Gasteiger partial charge in [0.1, 0.15) is 24.4 Å². The molecule has 0 bridgehead atoms. The van der Waals surface area contributed by atoms with Crippen LogP contribution in [0.5, 0.6) is 0 Å². The number of carbonyl (C=O) groups excluding carboxylic acids is 8. The average Bonchev–Trinajstić information content (AvgIpc) is 3.25. The molecule has 0 aromatic rings. The van der Waals surface area contributed by atoms with Crippen LogP contribution in [0.25, 0.3) is 0 Å². The minimum absolute atomic E-state index is 0. The van der Waals surface area contributed by atoms with Crippen LogP contribution in [0, 0.1) is 0 Å². The van der Waals surface area contributed by atoms with E-state index in [0.717, 1.165) is 0 Å². The summed E-state index contributed by atoms with van der Waals surface area (Å²) >= 11 is 0. The third-order valence-electron chi connectivity index (χ3n) is 11.4. The van der Waals surface area contributed by atoms with Crippen LogP contribution in [-0.4, -0.2) is 147 Å². The van der Waals surface area contributed by atoms with Crippen molar-refractivity contribution in [3.8, 4) is 0 Å². The molecule has 20 nitrogen and oxygen atoms in total. The normalized spacial score (nSPS) is 31.4. The fourth-order valence-corrected chi connectivity index (χ4v) is 7.28. The first kappa shape index (κ1) is 62.0. The molecular weight excluding hydrogens is 896 g/mol. The molecule has 368 valence electrons. The number of carboxylic acid groups (broad SMARTS) is 4. The molecule has 0 radical (unpaired) electrons. The quantitative estimate of drug-likeness (QED) is 0.162. The first-order chi connectivity index (χ1) is 30.3. The summed E-state index contributed by atoms with van der Waals surface area (Å²) in [6, 6.07) is 0. The summed E-state index contributed by atoms with van der Waals surface area (Å²) < 4.78 is 42.3. The van der Waals surface area contributed by atoms with E-state index in [1.54, 1.807) is 55.4 Å². The Labute approximate surface area is 396 Å². The van der Waals surface area contributed by atoms with Gasteiger partial charge in [-0.25, -0.2) is 0 Å². The molecule has 0 saturated carbocycles. The van der Waals surface area contributed by atoms with E-state index in [-0.39, 0.29) is 73.8 Å². The van der Waals surface area contributed by atoms with Crippen molar-refractivity contribution in [2.75, 3.05) is 52.9 Å². The zero-order valence-electron chi connectivity index (χ0n) is 39.1. The zero-order valence-corrected chi connectivity index (χ0v) is 40.7. The summed E-state index contributed by atoms with van der Waals surface area (Å²) in [7, 11) is 0. The molecule has 0 aromatic heterocycles. The summed E-state index contributed by atoms with van der Waals surface area (Å²) in [6.45, 7) is 16.0. The van der Waals surface area contributed by atoms with Crippen LogP contribution >= 0.6 is 0 Å². The largest absolute Gasteiger partial charge is 4.00 e. The van der Waals surface area contributed by atoms with Crippen LogP contribution in [-0.2, 0) is 98.0 Å². The molecule has 4 saturated heterocycles. The van der Waals surface area contributed by atoms with Crippen LogP contribution in [0.1, 0.15) is 132 Å². The fraction of sp³-hybridized carbons (Fsp3) is 0.818. The summed E-state index contributed by atoms with van der Waals surface area (Å²) in [5.74, 6) is -8.00. The Morgan fingerprint density at radius 3 is 0.677 bits per heavy atom. The number of hydrogen-bond acceptors (Lipinski definition) is 20. The molecule has 4 aliphatic heterocycles. The standard InChI is InChI=1S/4C11H18O5.Ti/c4*1-3-8-9(12)11(4-2,10(13)14)16-7-5-6-15-8;/h4*8H,3-7H2,1-2H3,(H,13,14);/q;;;;+4/p-4. The van der Waals surface area contributed by atoms with Crippen molar-refractivity contribution < 1.29 is 118 Å². The van der Waals surface area contributed by atoms with Crippen molar-refractivity contribution in [2.24, 2.45) is 0 Å². The van der Waals surface area contributed by atoms with E-state index in [1.807, 2.05) is 0 Å². The van der Waals surface area contributed by atoms with Gasteiger partial charge in [-0.15, -0.1) is 0 Å². The van der Waals surface area contributed by atoms with Gasteiger partial charge in [0.2, 0.25) is 0 Å². The molecule has 4 heterocycles. The Hall–Kier alpha value is -3.05. The number of hydrogen-bond donors (Lipinski definition) is 0. The van der Waals surface area contributed by atoms with Gasteiger partial charge in [0, 0.05) is 26.4 Å².